The maximum atomic E-state index is 12.9. The highest BCUT2D eigenvalue weighted by molar-refractivity contribution is 7.89. The van der Waals surface area contributed by atoms with Crippen LogP contribution in [0, 0.1) is 6.92 Å². The van der Waals surface area contributed by atoms with Crippen LogP contribution >= 0.6 is 11.6 Å². The number of aryl methyl sites for hydroxylation is 1. The minimum Gasteiger partial charge on any atom is -0.457 e. The van der Waals surface area contributed by atoms with Gasteiger partial charge in [0.05, 0.1) is 23.7 Å². The summed E-state index contributed by atoms with van der Waals surface area (Å²) in [5.74, 6) is -0.603. The van der Waals surface area contributed by atoms with Gasteiger partial charge in [-0.3, -0.25) is 0 Å². The molecule has 0 amide bonds. The van der Waals surface area contributed by atoms with E-state index in [9.17, 15) is 13.2 Å². The Hall–Kier alpha value is -1.93. The fourth-order valence-corrected chi connectivity index (χ4v) is 4.62. The summed E-state index contributed by atoms with van der Waals surface area (Å²) in [7, 11) is -3.70. The van der Waals surface area contributed by atoms with Gasteiger partial charge >= 0.3 is 5.97 Å². The molecule has 0 saturated carbocycles. The van der Waals surface area contributed by atoms with Crippen LogP contribution in [0.15, 0.2) is 47.4 Å². The maximum Gasteiger partial charge on any atom is 0.338 e. The Morgan fingerprint density at radius 2 is 1.89 bits per heavy atom. The van der Waals surface area contributed by atoms with E-state index in [0.29, 0.717) is 42.5 Å². The zero-order chi connectivity index (χ0) is 19.4. The number of hydrogen-bond acceptors (Lipinski definition) is 5. The number of sulfonamides is 1. The van der Waals surface area contributed by atoms with E-state index in [-0.39, 0.29) is 17.1 Å². The molecule has 27 heavy (non-hydrogen) atoms. The first kappa shape index (κ1) is 19.8. The molecule has 1 saturated heterocycles. The highest BCUT2D eigenvalue weighted by Crippen LogP contribution is 2.23. The number of halogens is 1. The fraction of sp³-hybridized carbons (Fsp3) is 0.316. The molecule has 2 aromatic rings. The first-order valence-corrected chi connectivity index (χ1v) is 10.3. The second-order valence-corrected chi connectivity index (χ2v) is 8.48. The average molecular weight is 410 g/mol. The number of hydrogen-bond donors (Lipinski definition) is 0. The van der Waals surface area contributed by atoms with Crippen LogP contribution in [0.2, 0.25) is 5.02 Å². The number of nitrogens with zero attached hydrogens (tertiary/aromatic N) is 1. The molecule has 6 nitrogen and oxygen atoms in total. The van der Waals surface area contributed by atoms with Crippen molar-refractivity contribution in [2.75, 3.05) is 26.3 Å². The molecule has 8 heteroatoms. The summed E-state index contributed by atoms with van der Waals surface area (Å²) in [6, 6.07) is 11.6. The van der Waals surface area contributed by atoms with E-state index in [1.165, 1.54) is 10.4 Å². The van der Waals surface area contributed by atoms with E-state index in [1.54, 1.807) is 43.3 Å². The van der Waals surface area contributed by atoms with Crippen LogP contribution in [0.3, 0.4) is 0 Å². The van der Waals surface area contributed by atoms with E-state index >= 15 is 0 Å². The zero-order valence-electron chi connectivity index (χ0n) is 14.9. The summed E-state index contributed by atoms with van der Waals surface area (Å²) < 4.78 is 37.7. The van der Waals surface area contributed by atoms with Gasteiger partial charge in [0.15, 0.2) is 0 Å². The van der Waals surface area contributed by atoms with E-state index in [2.05, 4.69) is 0 Å². The molecule has 0 unspecified atom stereocenters. The molecule has 144 valence electrons. The third-order valence-corrected chi connectivity index (χ3v) is 6.74. The van der Waals surface area contributed by atoms with Gasteiger partial charge < -0.3 is 9.47 Å². The molecule has 1 heterocycles. The molecule has 0 spiro atoms. The Morgan fingerprint density at radius 1 is 1.19 bits per heavy atom. The molecule has 1 aliphatic heterocycles. The summed E-state index contributed by atoms with van der Waals surface area (Å²) in [5.41, 5.74) is 1.43. The number of esters is 1. The van der Waals surface area contributed by atoms with Crippen molar-refractivity contribution >= 4 is 27.6 Å². The van der Waals surface area contributed by atoms with Crippen LogP contribution in [0.4, 0.5) is 0 Å². The van der Waals surface area contributed by atoms with Crippen LogP contribution in [-0.4, -0.2) is 45.0 Å². The lowest BCUT2D eigenvalue weighted by atomic mass is 10.1. The molecule has 3 rings (SSSR count). The minimum absolute atomic E-state index is 0.0118. The van der Waals surface area contributed by atoms with Gasteiger partial charge in [-0.15, -0.1) is 0 Å². The molecule has 0 radical (unpaired) electrons. The smallest absolute Gasteiger partial charge is 0.338 e. The third-order valence-electron chi connectivity index (χ3n) is 4.33. The van der Waals surface area contributed by atoms with Gasteiger partial charge in [0.25, 0.3) is 0 Å². The fourth-order valence-electron chi connectivity index (χ4n) is 2.77. The van der Waals surface area contributed by atoms with Crippen molar-refractivity contribution in [1.29, 1.82) is 0 Å². The number of ether oxygens (including phenoxy) is 2. The van der Waals surface area contributed by atoms with Crippen LogP contribution in [-0.2, 0) is 26.1 Å². The Bertz CT molecular complexity index is 939. The van der Waals surface area contributed by atoms with Crippen molar-refractivity contribution in [1.82, 2.24) is 4.31 Å². The molecular weight excluding hydrogens is 390 g/mol. The molecule has 0 N–H and O–H groups in total. The van der Waals surface area contributed by atoms with Crippen molar-refractivity contribution in [3.05, 3.63) is 64.2 Å². The third kappa shape index (κ3) is 4.50. The molecule has 1 aliphatic rings. The summed E-state index contributed by atoms with van der Waals surface area (Å²) in [5, 5.41) is 0.504. The van der Waals surface area contributed by atoms with Gasteiger partial charge in [-0.2, -0.15) is 4.31 Å². The summed E-state index contributed by atoms with van der Waals surface area (Å²) in [6.07, 6.45) is 0. The molecule has 0 bridgehead atoms. The lowest BCUT2D eigenvalue weighted by Crippen LogP contribution is -2.40. The average Bonchev–Trinajstić information content (AvgIpc) is 2.68. The van der Waals surface area contributed by atoms with Crippen LogP contribution in [0.5, 0.6) is 0 Å². The molecule has 0 atom stereocenters. The predicted octanol–water partition coefficient (Wildman–Crippen LogP) is 3.03. The Labute approximate surface area is 163 Å². The monoisotopic (exact) mass is 409 g/mol. The number of morpholine rings is 1. The van der Waals surface area contributed by atoms with Gasteiger partial charge in [-0.25, -0.2) is 13.2 Å². The normalized spacial score (nSPS) is 15.5. The Kier molecular flexibility index (Phi) is 6.16. The van der Waals surface area contributed by atoms with Crippen LogP contribution in [0.25, 0.3) is 0 Å². The SMILES string of the molecule is Cc1ccc(C(=O)OCc2ccccc2Cl)cc1S(=O)(=O)N1CCOCC1. The highest BCUT2D eigenvalue weighted by Gasteiger charge is 2.28. The van der Waals surface area contributed by atoms with Crippen molar-refractivity contribution in [3.63, 3.8) is 0 Å². The quantitative estimate of drug-likeness (QED) is 0.710. The molecular formula is C19H20ClNO5S. The topological polar surface area (TPSA) is 72.9 Å². The van der Waals surface area contributed by atoms with Crippen molar-refractivity contribution in [2.45, 2.75) is 18.4 Å². The summed E-state index contributed by atoms with van der Waals surface area (Å²) >= 11 is 6.06. The summed E-state index contributed by atoms with van der Waals surface area (Å²) in [4.78, 5) is 12.5. The van der Waals surface area contributed by atoms with Gasteiger partial charge in [0.2, 0.25) is 10.0 Å². The molecule has 2 aromatic carbocycles. The van der Waals surface area contributed by atoms with Crippen LogP contribution in [0.1, 0.15) is 21.5 Å². The molecule has 0 aliphatic carbocycles. The highest BCUT2D eigenvalue weighted by atomic mass is 35.5. The zero-order valence-corrected chi connectivity index (χ0v) is 16.4. The van der Waals surface area contributed by atoms with Crippen molar-refractivity contribution < 1.29 is 22.7 Å². The largest absolute Gasteiger partial charge is 0.457 e. The number of carbonyl (C=O) groups is 1. The van der Waals surface area contributed by atoms with E-state index in [1.807, 2.05) is 0 Å². The van der Waals surface area contributed by atoms with Crippen LogP contribution < -0.4 is 0 Å². The first-order chi connectivity index (χ1) is 12.9. The predicted molar refractivity (Wildman–Crippen MR) is 101 cm³/mol. The maximum absolute atomic E-state index is 12.9. The van der Waals surface area contributed by atoms with E-state index in [0.717, 1.165) is 0 Å². The minimum atomic E-state index is -3.70. The van der Waals surface area contributed by atoms with Gasteiger partial charge in [-0.05, 0) is 30.7 Å². The standard InChI is InChI=1S/C19H20ClNO5S/c1-14-6-7-15(19(22)26-13-16-4-2-3-5-17(16)20)12-18(14)27(23,24)21-8-10-25-11-9-21/h2-7,12H,8-11,13H2,1H3. The summed E-state index contributed by atoms with van der Waals surface area (Å²) in [6.45, 7) is 3.02. The van der Waals surface area contributed by atoms with Gasteiger partial charge in [0.1, 0.15) is 6.61 Å². The van der Waals surface area contributed by atoms with Crippen molar-refractivity contribution in [2.24, 2.45) is 0 Å². The Balaban J connectivity index is 1.80. The second kappa shape index (κ2) is 8.39. The van der Waals surface area contributed by atoms with Gasteiger partial charge in [-0.1, -0.05) is 35.9 Å². The number of carbonyl (C=O) groups excluding carboxylic acids is 1. The Morgan fingerprint density at radius 3 is 2.59 bits per heavy atom. The van der Waals surface area contributed by atoms with Gasteiger partial charge in [0, 0.05) is 23.7 Å². The second-order valence-electron chi connectivity index (χ2n) is 6.16. The van der Waals surface area contributed by atoms with Crippen molar-refractivity contribution in [3.8, 4) is 0 Å². The number of benzene rings is 2. The lowest BCUT2D eigenvalue weighted by molar-refractivity contribution is 0.0472. The van der Waals surface area contributed by atoms with E-state index < -0.39 is 16.0 Å². The molecule has 0 aromatic heterocycles. The molecule has 1 fully saturated rings. The number of rotatable bonds is 5. The van der Waals surface area contributed by atoms with E-state index in [4.69, 9.17) is 21.1 Å². The lowest BCUT2D eigenvalue weighted by Gasteiger charge is -2.26. The first-order valence-electron chi connectivity index (χ1n) is 8.48.